The summed E-state index contributed by atoms with van der Waals surface area (Å²) in [5.41, 5.74) is 1.08. The first-order chi connectivity index (χ1) is 8.76. The molecule has 0 amide bonds. The molecule has 0 radical (unpaired) electrons. The maximum atomic E-state index is 9.35. The third-order valence-electron chi connectivity index (χ3n) is 2.34. The number of nitrogens with one attached hydrogen (secondary N) is 2. The Bertz CT molecular complexity index is 402. The van der Waals surface area contributed by atoms with E-state index >= 15 is 0 Å². The van der Waals surface area contributed by atoms with E-state index in [-0.39, 0.29) is 0 Å². The first-order valence-electron chi connectivity index (χ1n) is 6.17. The summed E-state index contributed by atoms with van der Waals surface area (Å²) in [5, 5.41) is 15.6. The average Bonchev–Trinajstić information content (AvgIpc) is 2.36. The van der Waals surface area contributed by atoms with Crippen LogP contribution in [0.2, 0.25) is 0 Å². The number of nitrogens with zero attached hydrogens (tertiary/aromatic N) is 1. The minimum Gasteiger partial charge on any atom is -0.508 e. The van der Waals surface area contributed by atoms with Gasteiger partial charge in [0.25, 0.3) is 0 Å². The lowest BCUT2D eigenvalue weighted by atomic mass is 10.1. The second kappa shape index (κ2) is 8.17. The zero-order valence-electron chi connectivity index (χ0n) is 10.8. The first-order valence-corrected chi connectivity index (χ1v) is 6.17. The van der Waals surface area contributed by atoms with Crippen LogP contribution in [0.4, 0.5) is 0 Å². The third-order valence-corrected chi connectivity index (χ3v) is 2.34. The van der Waals surface area contributed by atoms with Gasteiger partial charge >= 0.3 is 0 Å². The van der Waals surface area contributed by atoms with Crippen molar-refractivity contribution in [2.45, 2.75) is 13.3 Å². The first kappa shape index (κ1) is 14.1. The largest absolute Gasteiger partial charge is 0.508 e. The number of aliphatic imine (C=N–C) groups is 1. The lowest BCUT2D eigenvalue weighted by Crippen LogP contribution is -2.37. The summed E-state index contributed by atoms with van der Waals surface area (Å²) in [5.74, 6) is 1.09. The highest BCUT2D eigenvalue weighted by Gasteiger charge is 1.96. The van der Waals surface area contributed by atoms with E-state index in [1.165, 1.54) is 0 Å². The van der Waals surface area contributed by atoms with Crippen molar-refractivity contribution in [3.8, 4) is 5.75 Å². The Labute approximate surface area is 108 Å². The molecule has 4 nitrogen and oxygen atoms in total. The molecule has 0 unspecified atom stereocenters. The van der Waals surface area contributed by atoms with Crippen molar-refractivity contribution >= 4 is 5.96 Å². The lowest BCUT2D eigenvalue weighted by molar-refractivity contribution is 0.474. The summed E-state index contributed by atoms with van der Waals surface area (Å²) in [6.45, 7) is 7.88. The summed E-state index contributed by atoms with van der Waals surface area (Å²) >= 11 is 0. The van der Waals surface area contributed by atoms with E-state index in [9.17, 15) is 5.11 Å². The molecule has 0 aliphatic carbocycles. The predicted octanol–water partition coefficient (Wildman–Crippen LogP) is 1.68. The number of aromatic hydroxyl groups is 1. The summed E-state index contributed by atoms with van der Waals surface area (Å²) < 4.78 is 0. The summed E-state index contributed by atoms with van der Waals surface area (Å²) in [6.07, 6.45) is 2.60. The molecule has 0 saturated carbocycles. The van der Waals surface area contributed by atoms with Crippen LogP contribution in [-0.4, -0.2) is 30.7 Å². The van der Waals surface area contributed by atoms with Gasteiger partial charge in [0.05, 0.1) is 0 Å². The molecule has 4 heteroatoms. The molecule has 0 atom stereocenters. The van der Waals surface area contributed by atoms with Crippen LogP contribution in [0.15, 0.2) is 41.9 Å². The highest BCUT2D eigenvalue weighted by molar-refractivity contribution is 5.79. The van der Waals surface area contributed by atoms with Crippen LogP contribution in [0, 0.1) is 0 Å². The molecule has 1 aromatic carbocycles. The zero-order valence-corrected chi connectivity index (χ0v) is 10.8. The third kappa shape index (κ3) is 5.39. The van der Waals surface area contributed by atoms with E-state index in [0.717, 1.165) is 24.5 Å². The molecule has 0 aliphatic rings. The highest BCUT2D eigenvalue weighted by Crippen LogP contribution is 2.11. The van der Waals surface area contributed by atoms with E-state index < -0.39 is 0 Å². The molecule has 1 aromatic rings. The number of phenols is 1. The molecule has 18 heavy (non-hydrogen) atoms. The van der Waals surface area contributed by atoms with Gasteiger partial charge < -0.3 is 15.7 Å². The summed E-state index contributed by atoms with van der Waals surface area (Å²) in [4.78, 5) is 4.44. The smallest absolute Gasteiger partial charge is 0.191 e. The maximum absolute atomic E-state index is 9.35. The van der Waals surface area contributed by atoms with E-state index in [0.29, 0.717) is 18.8 Å². The molecule has 0 aliphatic heterocycles. The van der Waals surface area contributed by atoms with Crippen LogP contribution in [0.5, 0.6) is 5.75 Å². The van der Waals surface area contributed by atoms with Crippen molar-refractivity contribution in [1.82, 2.24) is 10.6 Å². The van der Waals surface area contributed by atoms with Crippen LogP contribution in [0.1, 0.15) is 12.5 Å². The molecule has 0 fully saturated rings. The average molecular weight is 247 g/mol. The molecule has 98 valence electrons. The Kier molecular flexibility index (Phi) is 6.40. The Morgan fingerprint density at radius 2 is 2.28 bits per heavy atom. The van der Waals surface area contributed by atoms with E-state index in [2.05, 4.69) is 22.2 Å². The molecule has 0 spiro atoms. The number of guanidine groups is 1. The van der Waals surface area contributed by atoms with Crippen LogP contribution >= 0.6 is 0 Å². The predicted molar refractivity (Wildman–Crippen MR) is 76.0 cm³/mol. The fourth-order valence-corrected chi connectivity index (χ4v) is 1.52. The van der Waals surface area contributed by atoms with Crippen molar-refractivity contribution in [1.29, 1.82) is 0 Å². The van der Waals surface area contributed by atoms with Crippen LogP contribution in [0.25, 0.3) is 0 Å². The van der Waals surface area contributed by atoms with Gasteiger partial charge in [0.2, 0.25) is 0 Å². The molecular formula is C14H21N3O. The van der Waals surface area contributed by atoms with Gasteiger partial charge in [-0.3, -0.25) is 4.99 Å². The van der Waals surface area contributed by atoms with Crippen molar-refractivity contribution in [3.63, 3.8) is 0 Å². The Morgan fingerprint density at radius 1 is 1.44 bits per heavy atom. The van der Waals surface area contributed by atoms with Crippen LogP contribution in [0.3, 0.4) is 0 Å². The minimum absolute atomic E-state index is 0.299. The number of hydrogen-bond donors (Lipinski definition) is 3. The van der Waals surface area contributed by atoms with Gasteiger partial charge in [-0.05, 0) is 31.0 Å². The van der Waals surface area contributed by atoms with Gasteiger partial charge in [0.15, 0.2) is 5.96 Å². The molecule has 0 heterocycles. The SMILES string of the molecule is C=CCNC(=NCCc1cccc(O)c1)NCC. The molecule has 1 rings (SSSR count). The normalized spacial score (nSPS) is 11.1. The molecule has 0 bridgehead atoms. The van der Waals surface area contributed by atoms with Gasteiger partial charge in [0.1, 0.15) is 5.75 Å². The lowest BCUT2D eigenvalue weighted by Gasteiger charge is -2.09. The Hall–Kier alpha value is -1.97. The van der Waals surface area contributed by atoms with Gasteiger partial charge in [-0.15, -0.1) is 6.58 Å². The maximum Gasteiger partial charge on any atom is 0.191 e. The quantitative estimate of drug-likeness (QED) is 0.407. The van der Waals surface area contributed by atoms with E-state index in [4.69, 9.17) is 0 Å². The van der Waals surface area contributed by atoms with Gasteiger partial charge in [-0.25, -0.2) is 0 Å². The Balaban J connectivity index is 2.47. The fourth-order valence-electron chi connectivity index (χ4n) is 1.52. The van der Waals surface area contributed by atoms with Crippen molar-refractivity contribution < 1.29 is 5.11 Å². The van der Waals surface area contributed by atoms with E-state index in [1.54, 1.807) is 18.2 Å². The molecule has 0 aromatic heterocycles. The number of phenolic OH excluding ortho intramolecular Hbond substituents is 1. The van der Waals surface area contributed by atoms with E-state index in [1.807, 2.05) is 19.1 Å². The van der Waals surface area contributed by atoms with Crippen molar-refractivity contribution in [2.24, 2.45) is 4.99 Å². The number of hydrogen-bond acceptors (Lipinski definition) is 2. The Morgan fingerprint density at radius 3 is 2.94 bits per heavy atom. The highest BCUT2D eigenvalue weighted by atomic mass is 16.3. The van der Waals surface area contributed by atoms with Gasteiger partial charge in [-0.2, -0.15) is 0 Å². The molecule has 0 saturated heterocycles. The monoisotopic (exact) mass is 247 g/mol. The number of benzene rings is 1. The summed E-state index contributed by atoms with van der Waals surface area (Å²) in [6, 6.07) is 7.26. The second-order valence-corrected chi connectivity index (χ2v) is 3.85. The molecular weight excluding hydrogens is 226 g/mol. The van der Waals surface area contributed by atoms with Gasteiger partial charge in [-0.1, -0.05) is 18.2 Å². The zero-order chi connectivity index (χ0) is 13.2. The molecule has 3 N–H and O–H groups in total. The minimum atomic E-state index is 0.299. The number of rotatable bonds is 6. The van der Waals surface area contributed by atoms with Crippen molar-refractivity contribution in [2.75, 3.05) is 19.6 Å². The van der Waals surface area contributed by atoms with Crippen LogP contribution < -0.4 is 10.6 Å². The standard InChI is InChI=1S/C14H21N3O/c1-3-9-16-14(15-4-2)17-10-8-12-6-5-7-13(18)11-12/h3,5-7,11,18H,1,4,8-10H2,2H3,(H2,15,16,17). The topological polar surface area (TPSA) is 56.7 Å². The second-order valence-electron chi connectivity index (χ2n) is 3.85. The summed E-state index contributed by atoms with van der Waals surface area (Å²) in [7, 11) is 0. The van der Waals surface area contributed by atoms with Crippen LogP contribution in [-0.2, 0) is 6.42 Å². The van der Waals surface area contributed by atoms with Gasteiger partial charge in [0, 0.05) is 19.6 Å². The fraction of sp³-hybridized carbons (Fsp3) is 0.357. The van der Waals surface area contributed by atoms with Crippen molar-refractivity contribution in [3.05, 3.63) is 42.5 Å².